The first kappa shape index (κ1) is 10.1. The molecule has 0 fully saturated rings. The molecule has 0 aromatic rings. The highest BCUT2D eigenvalue weighted by molar-refractivity contribution is 6.01. The topological polar surface area (TPSA) is 66.4 Å². The molecule has 2 N–H and O–H groups in total. The molecular weight excluding hydrogens is 146 g/mol. The Balaban J connectivity index is 3.90. The molecule has 0 heterocycles. The van der Waals surface area contributed by atoms with Crippen LogP contribution in [0.5, 0.6) is 0 Å². The van der Waals surface area contributed by atoms with E-state index in [1.54, 1.807) is 0 Å². The Labute approximate surface area is 65.6 Å². The largest absolute Gasteiger partial charge is 0.480 e. The van der Waals surface area contributed by atoms with E-state index < -0.39 is 12.0 Å². The molecule has 64 valence electrons. The van der Waals surface area contributed by atoms with Crippen molar-refractivity contribution in [1.82, 2.24) is 5.32 Å². The molecule has 0 aliphatic rings. The van der Waals surface area contributed by atoms with Crippen molar-refractivity contribution in [3.63, 3.8) is 0 Å². The van der Waals surface area contributed by atoms with Crippen molar-refractivity contribution in [2.75, 3.05) is 6.54 Å². The van der Waals surface area contributed by atoms with Gasteiger partial charge < -0.3 is 5.11 Å². The van der Waals surface area contributed by atoms with Gasteiger partial charge in [-0.15, -0.1) is 0 Å². The fourth-order valence-electron chi connectivity index (χ4n) is 0.694. The third-order valence-corrected chi connectivity index (χ3v) is 1.25. The van der Waals surface area contributed by atoms with Gasteiger partial charge in [0.1, 0.15) is 0 Å². The Hall–Kier alpha value is -0.900. The van der Waals surface area contributed by atoms with E-state index in [1.807, 2.05) is 6.92 Å². The van der Waals surface area contributed by atoms with Crippen LogP contribution in [0.2, 0.25) is 0 Å². The molecule has 11 heavy (non-hydrogen) atoms. The smallest absolute Gasteiger partial charge is 0.328 e. The standard InChI is InChI=1S/C7H13NO3/c1-3-4-8-6(5(2)9)7(10)11/h6,8H,3-4H2,1-2H3,(H,10,11). The van der Waals surface area contributed by atoms with E-state index in [4.69, 9.17) is 5.11 Å². The second-order valence-corrected chi connectivity index (χ2v) is 2.34. The molecule has 0 saturated heterocycles. The summed E-state index contributed by atoms with van der Waals surface area (Å²) in [7, 11) is 0. The zero-order valence-corrected chi connectivity index (χ0v) is 6.76. The summed E-state index contributed by atoms with van der Waals surface area (Å²) >= 11 is 0. The minimum absolute atomic E-state index is 0.356. The van der Waals surface area contributed by atoms with Crippen molar-refractivity contribution in [3.05, 3.63) is 0 Å². The molecule has 1 atom stereocenters. The predicted molar refractivity (Wildman–Crippen MR) is 40.4 cm³/mol. The van der Waals surface area contributed by atoms with Crippen molar-refractivity contribution < 1.29 is 14.7 Å². The van der Waals surface area contributed by atoms with E-state index in [9.17, 15) is 9.59 Å². The second kappa shape index (κ2) is 4.85. The summed E-state index contributed by atoms with van der Waals surface area (Å²) in [5.41, 5.74) is 0. The number of carboxylic acids is 1. The molecule has 0 aliphatic carbocycles. The lowest BCUT2D eigenvalue weighted by molar-refractivity contribution is -0.142. The fraction of sp³-hybridized carbons (Fsp3) is 0.714. The van der Waals surface area contributed by atoms with Crippen LogP contribution in [-0.2, 0) is 9.59 Å². The molecule has 0 amide bonds. The lowest BCUT2D eigenvalue weighted by Gasteiger charge is -2.08. The van der Waals surface area contributed by atoms with Gasteiger partial charge in [0.25, 0.3) is 0 Å². The van der Waals surface area contributed by atoms with Crippen molar-refractivity contribution in [3.8, 4) is 0 Å². The normalized spacial score (nSPS) is 12.5. The van der Waals surface area contributed by atoms with Gasteiger partial charge in [-0.25, -0.2) is 0 Å². The molecule has 0 aromatic carbocycles. The van der Waals surface area contributed by atoms with Gasteiger partial charge in [0.05, 0.1) is 0 Å². The van der Waals surface area contributed by atoms with Gasteiger partial charge in [0.2, 0.25) is 0 Å². The first-order valence-electron chi connectivity index (χ1n) is 3.56. The Morgan fingerprint density at radius 1 is 1.55 bits per heavy atom. The number of carbonyl (C=O) groups excluding carboxylic acids is 1. The Morgan fingerprint density at radius 2 is 2.09 bits per heavy atom. The minimum Gasteiger partial charge on any atom is -0.480 e. The monoisotopic (exact) mass is 159 g/mol. The molecule has 1 unspecified atom stereocenters. The Bertz CT molecular complexity index is 142. The Morgan fingerprint density at radius 3 is 2.36 bits per heavy atom. The van der Waals surface area contributed by atoms with E-state index in [2.05, 4.69) is 5.32 Å². The summed E-state index contributed by atoms with van der Waals surface area (Å²) < 4.78 is 0. The SMILES string of the molecule is CCCNC(C(C)=O)C(=O)O. The van der Waals surface area contributed by atoms with Crippen molar-refractivity contribution in [2.24, 2.45) is 0 Å². The number of hydrogen-bond donors (Lipinski definition) is 2. The van der Waals surface area contributed by atoms with Crippen molar-refractivity contribution in [1.29, 1.82) is 0 Å². The van der Waals surface area contributed by atoms with E-state index in [0.29, 0.717) is 6.54 Å². The molecule has 0 rings (SSSR count). The van der Waals surface area contributed by atoms with Crippen molar-refractivity contribution in [2.45, 2.75) is 26.3 Å². The molecule has 4 heteroatoms. The summed E-state index contributed by atoms with van der Waals surface area (Å²) in [6.45, 7) is 3.73. The van der Waals surface area contributed by atoms with Gasteiger partial charge in [-0.2, -0.15) is 0 Å². The predicted octanol–water partition coefficient (Wildman–Crippen LogP) is 0.0282. The minimum atomic E-state index is -1.11. The average Bonchev–Trinajstić information content (AvgIpc) is 1.87. The first-order valence-corrected chi connectivity index (χ1v) is 3.56. The van der Waals surface area contributed by atoms with Crippen LogP contribution in [-0.4, -0.2) is 29.4 Å². The van der Waals surface area contributed by atoms with Crippen LogP contribution in [0.25, 0.3) is 0 Å². The number of ketones is 1. The third kappa shape index (κ3) is 3.72. The summed E-state index contributed by atoms with van der Waals surface area (Å²) in [6, 6.07) is -1.03. The third-order valence-electron chi connectivity index (χ3n) is 1.25. The van der Waals surface area contributed by atoms with Gasteiger partial charge >= 0.3 is 5.97 Å². The lowest BCUT2D eigenvalue weighted by atomic mass is 10.2. The maximum Gasteiger partial charge on any atom is 0.328 e. The number of carboxylic acid groups (broad SMARTS) is 1. The van der Waals surface area contributed by atoms with Crippen LogP contribution >= 0.6 is 0 Å². The van der Waals surface area contributed by atoms with Crippen LogP contribution in [0.1, 0.15) is 20.3 Å². The summed E-state index contributed by atoms with van der Waals surface area (Å²) in [5.74, 6) is -1.46. The highest BCUT2D eigenvalue weighted by Crippen LogP contribution is 1.86. The van der Waals surface area contributed by atoms with E-state index in [1.165, 1.54) is 6.92 Å². The fourth-order valence-corrected chi connectivity index (χ4v) is 0.694. The van der Waals surface area contributed by atoms with E-state index in [0.717, 1.165) is 6.42 Å². The van der Waals surface area contributed by atoms with Crippen LogP contribution < -0.4 is 5.32 Å². The second-order valence-electron chi connectivity index (χ2n) is 2.34. The van der Waals surface area contributed by atoms with E-state index in [-0.39, 0.29) is 5.78 Å². The van der Waals surface area contributed by atoms with Crippen LogP contribution in [0.4, 0.5) is 0 Å². The molecule has 0 saturated carbocycles. The highest BCUT2D eigenvalue weighted by Gasteiger charge is 2.20. The molecule has 0 bridgehead atoms. The van der Waals surface area contributed by atoms with Gasteiger partial charge in [-0.1, -0.05) is 6.92 Å². The first-order chi connectivity index (χ1) is 5.09. The summed E-state index contributed by atoms with van der Waals surface area (Å²) in [5, 5.41) is 11.1. The average molecular weight is 159 g/mol. The molecular formula is C7H13NO3. The highest BCUT2D eigenvalue weighted by atomic mass is 16.4. The Kier molecular flexibility index (Phi) is 4.45. The quantitative estimate of drug-likeness (QED) is 0.555. The van der Waals surface area contributed by atoms with Gasteiger partial charge in [0, 0.05) is 0 Å². The number of rotatable bonds is 5. The summed E-state index contributed by atoms with van der Waals surface area (Å²) in [6.07, 6.45) is 0.817. The maximum atomic E-state index is 10.6. The van der Waals surface area contributed by atoms with Crippen LogP contribution in [0.3, 0.4) is 0 Å². The number of carbonyl (C=O) groups is 2. The van der Waals surface area contributed by atoms with Crippen LogP contribution in [0, 0.1) is 0 Å². The molecule has 0 aromatic heterocycles. The molecule has 0 spiro atoms. The van der Waals surface area contributed by atoms with Gasteiger partial charge in [-0.05, 0) is 19.9 Å². The number of Topliss-reactive ketones (excluding diaryl/α,β-unsaturated/α-hetero) is 1. The molecule has 0 radical (unpaired) electrons. The zero-order chi connectivity index (χ0) is 8.85. The molecule has 0 aliphatic heterocycles. The lowest BCUT2D eigenvalue weighted by Crippen LogP contribution is -2.42. The zero-order valence-electron chi connectivity index (χ0n) is 6.76. The maximum absolute atomic E-state index is 10.6. The van der Waals surface area contributed by atoms with Crippen LogP contribution in [0.15, 0.2) is 0 Å². The number of hydrogen-bond acceptors (Lipinski definition) is 3. The summed E-state index contributed by atoms with van der Waals surface area (Å²) in [4.78, 5) is 21.0. The van der Waals surface area contributed by atoms with E-state index >= 15 is 0 Å². The number of aliphatic carboxylic acids is 1. The van der Waals surface area contributed by atoms with Gasteiger partial charge in [-0.3, -0.25) is 14.9 Å². The van der Waals surface area contributed by atoms with Gasteiger partial charge in [0.15, 0.2) is 11.8 Å². The van der Waals surface area contributed by atoms with Crippen molar-refractivity contribution >= 4 is 11.8 Å². The molecule has 4 nitrogen and oxygen atoms in total. The number of nitrogens with one attached hydrogen (secondary N) is 1.